The molecule has 0 aliphatic rings. The lowest BCUT2D eigenvalue weighted by molar-refractivity contribution is 1.19. The Labute approximate surface area is 58.6 Å². The second-order valence-corrected chi connectivity index (χ2v) is 1.52. The molecule has 1 N–H and O–H groups in total. The third-order valence-electron chi connectivity index (χ3n) is 0.851. The second kappa shape index (κ2) is 4.06. The molecular weight excluding hydrogens is 128 g/mol. The molecule has 0 aromatic heterocycles. The van der Waals surface area contributed by atoms with Gasteiger partial charge in [0.1, 0.15) is 5.71 Å². The van der Waals surface area contributed by atoms with E-state index in [-0.39, 0.29) is 12.1 Å². The summed E-state index contributed by atoms with van der Waals surface area (Å²) in [6.45, 7) is 6.42. The number of hydrogen-bond acceptors (Lipinski definition) is 3. The molecular formula is C6H4N4. The average molecular weight is 132 g/mol. The third kappa shape index (κ3) is 1.94. The first-order chi connectivity index (χ1) is 4.76. The molecule has 0 rings (SSSR count). The minimum atomic E-state index is -1.07. The van der Waals surface area contributed by atoms with Crippen molar-refractivity contribution < 1.29 is 0 Å². The van der Waals surface area contributed by atoms with Crippen LogP contribution in [0.1, 0.15) is 6.42 Å². The van der Waals surface area contributed by atoms with Crippen LogP contribution in [0.4, 0.5) is 0 Å². The lowest BCUT2D eigenvalue weighted by atomic mass is 10.1. The van der Waals surface area contributed by atoms with Crippen molar-refractivity contribution in [2.24, 2.45) is 0 Å². The number of rotatable bonds is 2. The fourth-order valence-corrected chi connectivity index (χ4v) is 0.367. The molecule has 0 aromatic carbocycles. The summed E-state index contributed by atoms with van der Waals surface area (Å²) in [6, 6.07) is 2.23. The summed E-state index contributed by atoms with van der Waals surface area (Å²) < 4.78 is 0. The standard InChI is InChI=1S/C6H4N4/c1-10-6(4-8)5(9)2-3-7/h6,9H,2H2. The van der Waals surface area contributed by atoms with Gasteiger partial charge in [-0.3, -0.25) is 10.3 Å². The molecule has 10 heavy (non-hydrogen) atoms. The van der Waals surface area contributed by atoms with E-state index in [1.807, 2.05) is 0 Å². The van der Waals surface area contributed by atoms with E-state index in [4.69, 9.17) is 22.5 Å². The van der Waals surface area contributed by atoms with Gasteiger partial charge in [0, 0.05) is 0 Å². The predicted octanol–water partition coefficient (Wildman–Crippen LogP) is 0.731. The van der Waals surface area contributed by atoms with Crippen molar-refractivity contribution >= 4 is 5.71 Å². The molecule has 0 bridgehead atoms. The smallest absolute Gasteiger partial charge is 0.300 e. The molecule has 0 amide bonds. The van der Waals surface area contributed by atoms with Crippen LogP contribution < -0.4 is 0 Å². The van der Waals surface area contributed by atoms with Crippen LogP contribution in [0.15, 0.2) is 0 Å². The van der Waals surface area contributed by atoms with E-state index in [1.165, 1.54) is 0 Å². The molecule has 0 saturated heterocycles. The van der Waals surface area contributed by atoms with Gasteiger partial charge in [0.05, 0.1) is 12.5 Å². The first kappa shape index (κ1) is 8.14. The summed E-state index contributed by atoms with van der Waals surface area (Å²) in [6.07, 6.45) is -0.138. The lowest BCUT2D eigenvalue weighted by Gasteiger charge is -1.90. The summed E-state index contributed by atoms with van der Waals surface area (Å²) in [5, 5.41) is 23.3. The van der Waals surface area contributed by atoms with Crippen molar-refractivity contribution in [1.82, 2.24) is 0 Å². The summed E-state index contributed by atoms with van der Waals surface area (Å²) >= 11 is 0. The van der Waals surface area contributed by atoms with E-state index >= 15 is 0 Å². The molecule has 0 spiro atoms. The number of nitrogens with one attached hydrogen (secondary N) is 1. The van der Waals surface area contributed by atoms with Gasteiger partial charge in [-0.15, -0.1) is 0 Å². The van der Waals surface area contributed by atoms with Crippen LogP contribution in [0.3, 0.4) is 0 Å². The topological polar surface area (TPSA) is 75.8 Å². The number of nitrogens with zero attached hydrogens (tertiary/aromatic N) is 3. The molecule has 0 fully saturated rings. The molecule has 1 atom stereocenters. The fraction of sp³-hybridized carbons (Fsp3) is 0.333. The molecule has 48 valence electrons. The Morgan fingerprint density at radius 1 is 1.70 bits per heavy atom. The Bertz CT molecular complexity index is 232. The van der Waals surface area contributed by atoms with Crippen LogP contribution in [-0.2, 0) is 0 Å². The molecule has 0 saturated carbocycles. The highest BCUT2D eigenvalue weighted by Crippen LogP contribution is 1.94. The third-order valence-corrected chi connectivity index (χ3v) is 0.851. The summed E-state index contributed by atoms with van der Waals surface area (Å²) in [4.78, 5) is 2.84. The minimum absolute atomic E-state index is 0.125. The number of hydrogen-bond donors (Lipinski definition) is 1. The number of nitriles is 2. The Morgan fingerprint density at radius 2 is 2.30 bits per heavy atom. The van der Waals surface area contributed by atoms with Gasteiger partial charge in [-0.2, -0.15) is 10.5 Å². The summed E-state index contributed by atoms with van der Waals surface area (Å²) in [5.41, 5.74) is -0.125. The first-order valence-corrected chi connectivity index (χ1v) is 2.46. The second-order valence-electron chi connectivity index (χ2n) is 1.52. The van der Waals surface area contributed by atoms with Gasteiger partial charge in [0.15, 0.2) is 6.07 Å². The molecule has 0 aliphatic carbocycles. The average Bonchev–Trinajstić information content (AvgIpc) is 1.91. The van der Waals surface area contributed by atoms with Crippen LogP contribution in [0.25, 0.3) is 4.85 Å². The largest absolute Gasteiger partial charge is 0.345 e. The van der Waals surface area contributed by atoms with Crippen molar-refractivity contribution in [3.05, 3.63) is 11.4 Å². The Hall–Kier alpha value is -1.86. The van der Waals surface area contributed by atoms with Crippen molar-refractivity contribution in [2.75, 3.05) is 0 Å². The van der Waals surface area contributed by atoms with E-state index in [1.54, 1.807) is 12.1 Å². The zero-order valence-corrected chi connectivity index (χ0v) is 5.13. The van der Waals surface area contributed by atoms with Gasteiger partial charge in [-0.1, -0.05) is 0 Å². The summed E-state index contributed by atoms with van der Waals surface area (Å²) in [5.74, 6) is 0. The van der Waals surface area contributed by atoms with Gasteiger partial charge in [0.2, 0.25) is 0 Å². The zero-order valence-electron chi connectivity index (χ0n) is 5.13. The van der Waals surface area contributed by atoms with Gasteiger partial charge in [-0.25, -0.2) is 6.57 Å². The Balaban J connectivity index is 4.13. The molecule has 0 aromatic rings. The van der Waals surface area contributed by atoms with Crippen molar-refractivity contribution in [3.63, 3.8) is 0 Å². The van der Waals surface area contributed by atoms with Crippen LogP contribution in [0.5, 0.6) is 0 Å². The van der Waals surface area contributed by atoms with E-state index in [0.717, 1.165) is 0 Å². The van der Waals surface area contributed by atoms with Gasteiger partial charge < -0.3 is 0 Å². The Morgan fingerprint density at radius 3 is 2.60 bits per heavy atom. The highest BCUT2D eigenvalue weighted by atomic mass is 14.7. The van der Waals surface area contributed by atoms with E-state index in [0.29, 0.717) is 0 Å². The van der Waals surface area contributed by atoms with Crippen molar-refractivity contribution in [2.45, 2.75) is 12.5 Å². The minimum Gasteiger partial charge on any atom is -0.300 e. The van der Waals surface area contributed by atoms with Crippen LogP contribution >= 0.6 is 0 Å². The van der Waals surface area contributed by atoms with E-state index < -0.39 is 6.04 Å². The van der Waals surface area contributed by atoms with Crippen LogP contribution in [0.2, 0.25) is 0 Å². The molecule has 4 nitrogen and oxygen atoms in total. The van der Waals surface area contributed by atoms with E-state index in [2.05, 4.69) is 4.85 Å². The lowest BCUT2D eigenvalue weighted by Crippen LogP contribution is -2.12. The normalized spacial score (nSPS) is 10.1. The summed E-state index contributed by atoms with van der Waals surface area (Å²) in [7, 11) is 0. The van der Waals surface area contributed by atoms with Crippen molar-refractivity contribution in [1.29, 1.82) is 15.9 Å². The Kier molecular flexibility index (Phi) is 3.31. The molecule has 1 unspecified atom stereocenters. The van der Waals surface area contributed by atoms with Gasteiger partial charge in [0.25, 0.3) is 0 Å². The molecule has 0 heterocycles. The molecule has 0 aliphatic heterocycles. The maximum atomic E-state index is 8.21. The highest BCUT2D eigenvalue weighted by molar-refractivity contribution is 5.92. The molecule has 0 radical (unpaired) electrons. The van der Waals surface area contributed by atoms with Crippen LogP contribution in [0, 0.1) is 34.6 Å². The maximum absolute atomic E-state index is 8.21. The first-order valence-electron chi connectivity index (χ1n) is 2.46. The SMILES string of the molecule is [C-]#[N+]C(C#N)C(=N)CC#N. The maximum Gasteiger partial charge on any atom is 0.345 e. The van der Waals surface area contributed by atoms with E-state index in [9.17, 15) is 0 Å². The van der Waals surface area contributed by atoms with Crippen molar-refractivity contribution in [3.8, 4) is 12.1 Å². The van der Waals surface area contributed by atoms with Gasteiger partial charge in [-0.05, 0) is 0 Å². The monoisotopic (exact) mass is 132 g/mol. The quantitative estimate of drug-likeness (QED) is 0.444. The van der Waals surface area contributed by atoms with Crippen LogP contribution in [-0.4, -0.2) is 11.8 Å². The van der Waals surface area contributed by atoms with Gasteiger partial charge >= 0.3 is 6.04 Å². The zero-order chi connectivity index (χ0) is 7.98. The fourth-order valence-electron chi connectivity index (χ4n) is 0.367. The molecule has 4 heteroatoms. The highest BCUT2D eigenvalue weighted by Gasteiger charge is 2.16. The predicted molar refractivity (Wildman–Crippen MR) is 34.0 cm³/mol.